The van der Waals surface area contributed by atoms with Crippen LogP contribution in [0, 0.1) is 0 Å². The first-order valence-electron chi connectivity index (χ1n) is 28.8. The second-order valence-electron chi connectivity index (χ2n) is 20.6. The fourth-order valence-corrected chi connectivity index (χ4v) is 8.18. The molecule has 2 unspecified atom stereocenters. The molecular weight excluding hydrogens is 863 g/mol. The molecule has 0 heterocycles. The number of esters is 2. The summed E-state index contributed by atoms with van der Waals surface area (Å²) in [6, 6.07) is 0. The first kappa shape index (κ1) is 66.2. The molecule has 0 rings (SSSR count). The molecule has 0 aromatic heterocycles. The fraction of sp³-hybridized carbons (Fsp3) is 0.817. The Kier molecular flexibility index (Phi) is 49.5. The van der Waals surface area contributed by atoms with Crippen molar-refractivity contribution < 1.29 is 42.9 Å². The standard InChI is InChI=1S/C60H109NO8/c1-6-8-10-12-14-16-18-20-22-24-26-28-29-31-32-34-36-38-40-42-44-46-48-50-57(62)67-54-56(55-68-60(59(64)65)66-53-52-61(3,4)5)69-58(63)51-49-47-45-43-41-39-37-35-33-30-27-25-23-21-19-17-15-13-11-9-7-2/h9,11,15,17,21,23,27,30,56,60H,6-8,10,12-14,16,18-20,22,24-26,28-29,31-55H2,1-5H3/p+1/b11-9-,17-15-,23-21-,30-27-. The van der Waals surface area contributed by atoms with E-state index in [0.29, 0.717) is 23.9 Å². The molecule has 0 radical (unpaired) electrons. The summed E-state index contributed by atoms with van der Waals surface area (Å²) in [5.41, 5.74) is 0. The maximum atomic E-state index is 12.9. The van der Waals surface area contributed by atoms with Gasteiger partial charge in [-0.3, -0.25) is 9.59 Å². The number of allylic oxidation sites excluding steroid dienone is 8. The van der Waals surface area contributed by atoms with E-state index in [4.69, 9.17) is 18.9 Å². The van der Waals surface area contributed by atoms with Gasteiger partial charge in [0.05, 0.1) is 34.4 Å². The van der Waals surface area contributed by atoms with Gasteiger partial charge in [0, 0.05) is 12.8 Å². The van der Waals surface area contributed by atoms with Gasteiger partial charge in [-0.1, -0.05) is 242 Å². The smallest absolute Gasteiger partial charge is 0.361 e. The predicted octanol–water partition coefficient (Wildman–Crippen LogP) is 16.7. The van der Waals surface area contributed by atoms with Gasteiger partial charge in [0.25, 0.3) is 6.29 Å². The van der Waals surface area contributed by atoms with Gasteiger partial charge < -0.3 is 28.5 Å². The van der Waals surface area contributed by atoms with E-state index in [1.165, 1.54) is 154 Å². The van der Waals surface area contributed by atoms with Crippen LogP contribution in [0.25, 0.3) is 0 Å². The van der Waals surface area contributed by atoms with Crippen LogP contribution in [0.5, 0.6) is 0 Å². The minimum absolute atomic E-state index is 0.183. The van der Waals surface area contributed by atoms with Crippen molar-refractivity contribution >= 4 is 17.9 Å². The van der Waals surface area contributed by atoms with Crippen LogP contribution in [0.2, 0.25) is 0 Å². The van der Waals surface area contributed by atoms with Crippen molar-refractivity contribution in [2.45, 2.75) is 270 Å². The number of carboxylic acids is 1. The van der Waals surface area contributed by atoms with Crippen LogP contribution in [-0.2, 0) is 33.3 Å². The molecule has 402 valence electrons. The first-order valence-corrected chi connectivity index (χ1v) is 28.8. The van der Waals surface area contributed by atoms with Crippen molar-refractivity contribution in [1.29, 1.82) is 0 Å². The normalized spacial score (nSPS) is 13.1. The Morgan fingerprint density at radius 1 is 0.449 bits per heavy atom. The third-order valence-corrected chi connectivity index (χ3v) is 12.6. The van der Waals surface area contributed by atoms with E-state index in [9.17, 15) is 19.5 Å². The molecule has 2 atom stereocenters. The molecule has 0 aromatic carbocycles. The summed E-state index contributed by atoms with van der Waals surface area (Å²) in [5.74, 6) is -2.00. The van der Waals surface area contributed by atoms with Crippen molar-refractivity contribution in [3.05, 3.63) is 48.6 Å². The minimum atomic E-state index is -1.51. The van der Waals surface area contributed by atoms with E-state index in [-0.39, 0.29) is 32.2 Å². The number of rotatable bonds is 53. The van der Waals surface area contributed by atoms with E-state index in [0.717, 1.165) is 70.6 Å². The molecule has 0 amide bonds. The van der Waals surface area contributed by atoms with E-state index < -0.39 is 24.3 Å². The van der Waals surface area contributed by atoms with Crippen LogP contribution in [0.3, 0.4) is 0 Å². The zero-order chi connectivity index (χ0) is 50.6. The Balaban J connectivity index is 4.24. The van der Waals surface area contributed by atoms with Crippen molar-refractivity contribution in [3.8, 4) is 0 Å². The van der Waals surface area contributed by atoms with Gasteiger partial charge in [0.1, 0.15) is 13.2 Å². The van der Waals surface area contributed by atoms with Gasteiger partial charge in [-0.05, 0) is 51.4 Å². The third kappa shape index (κ3) is 52.9. The number of carbonyl (C=O) groups is 3. The summed E-state index contributed by atoms with van der Waals surface area (Å²) in [5, 5.41) is 9.70. The number of hydrogen-bond acceptors (Lipinski definition) is 7. The van der Waals surface area contributed by atoms with Crippen LogP contribution in [-0.4, -0.2) is 87.4 Å². The Bertz CT molecular complexity index is 1270. The lowest BCUT2D eigenvalue weighted by Gasteiger charge is -2.25. The van der Waals surface area contributed by atoms with E-state index in [2.05, 4.69) is 62.5 Å². The monoisotopic (exact) mass is 973 g/mol. The highest BCUT2D eigenvalue weighted by atomic mass is 16.7. The quantitative estimate of drug-likeness (QED) is 0.0211. The lowest BCUT2D eigenvalue weighted by atomic mass is 10.0. The molecule has 0 saturated carbocycles. The first-order chi connectivity index (χ1) is 33.6. The third-order valence-electron chi connectivity index (χ3n) is 12.6. The van der Waals surface area contributed by atoms with Crippen molar-refractivity contribution in [3.63, 3.8) is 0 Å². The molecular formula is C60H110NO8+. The summed E-state index contributed by atoms with van der Waals surface area (Å²) in [4.78, 5) is 37.4. The van der Waals surface area contributed by atoms with Gasteiger partial charge >= 0.3 is 17.9 Å². The van der Waals surface area contributed by atoms with Gasteiger partial charge in [-0.25, -0.2) is 4.79 Å². The molecule has 69 heavy (non-hydrogen) atoms. The molecule has 0 spiro atoms. The van der Waals surface area contributed by atoms with Crippen molar-refractivity contribution in [2.75, 3.05) is 47.5 Å². The van der Waals surface area contributed by atoms with Crippen LogP contribution in [0.4, 0.5) is 0 Å². The number of ether oxygens (including phenoxy) is 4. The predicted molar refractivity (Wildman–Crippen MR) is 290 cm³/mol. The van der Waals surface area contributed by atoms with Crippen LogP contribution >= 0.6 is 0 Å². The number of aliphatic carboxylic acids is 1. The molecule has 0 fully saturated rings. The van der Waals surface area contributed by atoms with Gasteiger partial charge in [-0.2, -0.15) is 0 Å². The van der Waals surface area contributed by atoms with Gasteiger partial charge in [0.15, 0.2) is 6.10 Å². The number of carboxylic acid groups (broad SMARTS) is 1. The number of quaternary nitrogens is 1. The molecule has 0 bridgehead atoms. The average molecular weight is 974 g/mol. The highest BCUT2D eigenvalue weighted by Crippen LogP contribution is 2.17. The molecule has 0 aromatic rings. The second kappa shape index (κ2) is 51.6. The fourth-order valence-electron chi connectivity index (χ4n) is 8.18. The Morgan fingerprint density at radius 2 is 0.826 bits per heavy atom. The van der Waals surface area contributed by atoms with Crippen LogP contribution in [0.15, 0.2) is 48.6 Å². The number of hydrogen-bond donors (Lipinski definition) is 1. The summed E-state index contributed by atoms with van der Waals surface area (Å²) in [7, 11) is 5.97. The summed E-state index contributed by atoms with van der Waals surface area (Å²) >= 11 is 0. The molecule has 0 aliphatic heterocycles. The van der Waals surface area contributed by atoms with Crippen molar-refractivity contribution in [2.24, 2.45) is 0 Å². The zero-order valence-electron chi connectivity index (χ0n) is 45.7. The summed E-state index contributed by atoms with van der Waals surface area (Å²) < 4.78 is 22.9. The van der Waals surface area contributed by atoms with Crippen LogP contribution < -0.4 is 0 Å². The zero-order valence-corrected chi connectivity index (χ0v) is 45.7. The maximum absolute atomic E-state index is 12.9. The Morgan fingerprint density at radius 3 is 1.23 bits per heavy atom. The maximum Gasteiger partial charge on any atom is 0.361 e. The number of likely N-dealkylation sites (N-methyl/N-ethyl adjacent to an activating group) is 1. The number of nitrogens with zero attached hydrogens (tertiary/aromatic N) is 1. The number of unbranched alkanes of at least 4 members (excludes halogenated alkanes) is 30. The number of carbonyl (C=O) groups excluding carboxylic acids is 2. The lowest BCUT2D eigenvalue weighted by Crippen LogP contribution is -2.40. The summed E-state index contributed by atoms with van der Waals surface area (Å²) in [6.45, 7) is 4.79. The molecule has 0 aliphatic carbocycles. The average Bonchev–Trinajstić information content (AvgIpc) is 3.31. The van der Waals surface area contributed by atoms with Gasteiger partial charge in [-0.15, -0.1) is 0 Å². The molecule has 0 saturated heterocycles. The Labute approximate surface area is 425 Å². The highest BCUT2D eigenvalue weighted by Gasteiger charge is 2.25. The second-order valence-corrected chi connectivity index (χ2v) is 20.6. The Hall–Kier alpha value is -2.75. The molecule has 1 N–H and O–H groups in total. The molecule has 0 aliphatic rings. The van der Waals surface area contributed by atoms with Crippen molar-refractivity contribution in [1.82, 2.24) is 0 Å². The highest BCUT2D eigenvalue weighted by molar-refractivity contribution is 5.71. The van der Waals surface area contributed by atoms with Gasteiger partial charge in [0.2, 0.25) is 0 Å². The lowest BCUT2D eigenvalue weighted by molar-refractivity contribution is -0.870. The van der Waals surface area contributed by atoms with E-state index >= 15 is 0 Å². The SMILES string of the molecule is CC/C=C\C/C=C\C/C=C\C/C=C\CCCCCCCCCCC(=O)OC(COC(=O)CCCCCCCCCCCCCCCCCCCCCCCCC)COC(OCC[N+](C)(C)C)C(=O)O. The van der Waals surface area contributed by atoms with E-state index in [1.54, 1.807) is 0 Å². The largest absolute Gasteiger partial charge is 0.477 e. The minimum Gasteiger partial charge on any atom is -0.477 e. The van der Waals surface area contributed by atoms with Crippen LogP contribution in [0.1, 0.15) is 258 Å². The molecule has 9 nitrogen and oxygen atoms in total. The molecule has 9 heteroatoms. The summed E-state index contributed by atoms with van der Waals surface area (Å²) in [6.07, 6.45) is 60.4. The van der Waals surface area contributed by atoms with E-state index in [1.807, 2.05) is 21.1 Å². The topological polar surface area (TPSA) is 108 Å².